The van der Waals surface area contributed by atoms with Gasteiger partial charge in [0.1, 0.15) is 11.5 Å². The van der Waals surface area contributed by atoms with Crippen LogP contribution in [0.25, 0.3) is 0 Å². The Labute approximate surface area is 223 Å². The summed E-state index contributed by atoms with van der Waals surface area (Å²) in [6, 6.07) is 30.8. The predicted octanol–water partition coefficient (Wildman–Crippen LogP) is 5.41. The first-order chi connectivity index (χ1) is 18.3. The van der Waals surface area contributed by atoms with Gasteiger partial charge < -0.3 is 14.4 Å². The van der Waals surface area contributed by atoms with Gasteiger partial charge in [-0.2, -0.15) is 0 Å². The third-order valence-corrected chi connectivity index (χ3v) is 7.31. The van der Waals surface area contributed by atoms with Crippen LogP contribution in [0.15, 0.2) is 108 Å². The summed E-state index contributed by atoms with van der Waals surface area (Å²) in [5.41, 5.74) is 3.07. The quantitative estimate of drug-likeness (QED) is 0.280. The van der Waals surface area contributed by atoms with E-state index in [1.807, 2.05) is 60.7 Å². The van der Waals surface area contributed by atoms with Crippen LogP contribution in [0, 0.1) is 6.92 Å². The van der Waals surface area contributed by atoms with E-state index in [1.165, 1.54) is 12.1 Å². The predicted molar refractivity (Wildman–Crippen MR) is 148 cm³/mol. The monoisotopic (exact) mass is 530 g/mol. The third-order valence-electron chi connectivity index (χ3n) is 5.94. The van der Waals surface area contributed by atoms with Gasteiger partial charge in [0.25, 0.3) is 15.9 Å². The number of ether oxygens (including phenoxy) is 2. The minimum atomic E-state index is -3.81. The standard InChI is InChI=1S/C30H30N2O5S/c1-23-19-28(38(34,35)31-26-13-15-27(36-2)16-14-26)17-18-29(23)37-22-30(33)32(20-24-9-5-3-6-10-24)21-25-11-7-4-8-12-25/h3-19,31H,20-22H2,1-2H3. The molecule has 0 radical (unpaired) electrons. The van der Waals surface area contributed by atoms with Crippen molar-refractivity contribution in [2.24, 2.45) is 0 Å². The molecule has 0 atom stereocenters. The molecule has 4 aromatic carbocycles. The topological polar surface area (TPSA) is 84.9 Å². The third kappa shape index (κ3) is 7.14. The number of methoxy groups -OCH3 is 1. The summed E-state index contributed by atoms with van der Waals surface area (Å²) in [7, 11) is -2.26. The van der Waals surface area contributed by atoms with Crippen LogP contribution >= 0.6 is 0 Å². The maximum Gasteiger partial charge on any atom is 0.261 e. The maximum atomic E-state index is 13.2. The number of carbonyl (C=O) groups is 1. The number of aryl methyl sites for hydroxylation is 1. The van der Waals surface area contributed by atoms with E-state index < -0.39 is 10.0 Å². The van der Waals surface area contributed by atoms with E-state index in [2.05, 4.69) is 4.72 Å². The van der Waals surface area contributed by atoms with Crippen LogP contribution in [0.1, 0.15) is 16.7 Å². The van der Waals surface area contributed by atoms with Gasteiger partial charge in [-0.3, -0.25) is 9.52 Å². The number of hydrogen-bond donors (Lipinski definition) is 1. The van der Waals surface area contributed by atoms with Gasteiger partial charge in [-0.1, -0.05) is 60.7 Å². The van der Waals surface area contributed by atoms with E-state index in [-0.39, 0.29) is 17.4 Å². The number of hydrogen-bond acceptors (Lipinski definition) is 5. The molecule has 0 aromatic heterocycles. The number of nitrogens with one attached hydrogen (secondary N) is 1. The van der Waals surface area contributed by atoms with Crippen LogP contribution in [0.2, 0.25) is 0 Å². The summed E-state index contributed by atoms with van der Waals surface area (Å²) >= 11 is 0. The van der Waals surface area contributed by atoms with Crippen LogP contribution < -0.4 is 14.2 Å². The molecule has 0 unspecified atom stereocenters. The summed E-state index contributed by atoms with van der Waals surface area (Å²) in [6.45, 7) is 2.48. The Kier molecular flexibility index (Phi) is 8.66. The lowest BCUT2D eigenvalue weighted by Crippen LogP contribution is -2.34. The lowest BCUT2D eigenvalue weighted by Gasteiger charge is -2.23. The highest BCUT2D eigenvalue weighted by atomic mass is 32.2. The van der Waals surface area contributed by atoms with Crippen LogP contribution in [0.4, 0.5) is 5.69 Å². The smallest absolute Gasteiger partial charge is 0.261 e. The van der Waals surface area contributed by atoms with Crippen molar-refractivity contribution >= 4 is 21.6 Å². The molecule has 0 aliphatic heterocycles. The Morgan fingerprint density at radius 1 is 0.816 bits per heavy atom. The summed E-state index contributed by atoms with van der Waals surface area (Å²) in [4.78, 5) is 15.0. The molecule has 0 aliphatic carbocycles. The van der Waals surface area contributed by atoms with Crippen molar-refractivity contribution in [2.45, 2.75) is 24.9 Å². The zero-order valence-corrected chi connectivity index (χ0v) is 22.1. The molecule has 0 spiro atoms. The maximum absolute atomic E-state index is 13.2. The molecule has 0 saturated carbocycles. The van der Waals surface area contributed by atoms with E-state index in [0.29, 0.717) is 35.8 Å². The molecule has 1 N–H and O–H groups in total. The molecule has 0 aliphatic rings. The number of rotatable bonds is 11. The zero-order valence-electron chi connectivity index (χ0n) is 21.3. The number of benzene rings is 4. The molecular weight excluding hydrogens is 500 g/mol. The minimum absolute atomic E-state index is 0.0966. The van der Waals surface area contributed by atoms with E-state index in [0.717, 1.165) is 11.1 Å². The minimum Gasteiger partial charge on any atom is -0.497 e. The summed E-state index contributed by atoms with van der Waals surface area (Å²) in [6.07, 6.45) is 0. The Morgan fingerprint density at radius 2 is 1.39 bits per heavy atom. The highest BCUT2D eigenvalue weighted by molar-refractivity contribution is 7.92. The SMILES string of the molecule is COc1ccc(NS(=O)(=O)c2ccc(OCC(=O)N(Cc3ccccc3)Cc3ccccc3)c(C)c2)cc1. The van der Waals surface area contributed by atoms with Gasteiger partial charge in [0, 0.05) is 18.8 Å². The normalized spacial score (nSPS) is 11.0. The first-order valence-electron chi connectivity index (χ1n) is 12.1. The van der Waals surface area contributed by atoms with Gasteiger partial charge in [0.2, 0.25) is 0 Å². The molecule has 0 bridgehead atoms. The van der Waals surface area contributed by atoms with Crippen LogP contribution in [-0.2, 0) is 27.9 Å². The van der Waals surface area contributed by atoms with Crippen LogP contribution in [0.3, 0.4) is 0 Å². The molecule has 4 aromatic rings. The van der Waals surface area contributed by atoms with Crippen molar-refractivity contribution < 1.29 is 22.7 Å². The average molecular weight is 531 g/mol. The summed E-state index contributed by atoms with van der Waals surface area (Å²) in [5.74, 6) is 0.905. The molecule has 0 heterocycles. The number of nitrogens with zero attached hydrogens (tertiary/aromatic N) is 1. The molecule has 7 nitrogen and oxygen atoms in total. The van der Waals surface area contributed by atoms with Crippen LogP contribution in [0.5, 0.6) is 11.5 Å². The van der Waals surface area contributed by atoms with Gasteiger partial charge >= 0.3 is 0 Å². The van der Waals surface area contributed by atoms with Crippen molar-refractivity contribution in [1.82, 2.24) is 4.90 Å². The van der Waals surface area contributed by atoms with Crippen LogP contribution in [-0.4, -0.2) is 32.9 Å². The molecule has 38 heavy (non-hydrogen) atoms. The molecule has 0 fully saturated rings. The van der Waals surface area contributed by atoms with E-state index in [1.54, 1.807) is 49.3 Å². The molecule has 4 rings (SSSR count). The van der Waals surface area contributed by atoms with Crippen molar-refractivity contribution in [3.05, 3.63) is 120 Å². The molecule has 196 valence electrons. The summed E-state index contributed by atoms with van der Waals surface area (Å²) in [5, 5.41) is 0. The highest BCUT2D eigenvalue weighted by Crippen LogP contribution is 2.25. The Hall–Kier alpha value is -4.30. The number of carbonyl (C=O) groups excluding carboxylic acids is 1. The van der Waals surface area contributed by atoms with Gasteiger partial charge in [-0.25, -0.2) is 8.42 Å². The fourth-order valence-electron chi connectivity index (χ4n) is 3.89. The summed E-state index contributed by atoms with van der Waals surface area (Å²) < 4.78 is 39.3. The fraction of sp³-hybridized carbons (Fsp3) is 0.167. The van der Waals surface area contributed by atoms with Gasteiger partial charge in [0.15, 0.2) is 6.61 Å². The Morgan fingerprint density at radius 3 is 1.92 bits per heavy atom. The Bertz CT molecular complexity index is 1420. The fourth-order valence-corrected chi connectivity index (χ4v) is 5.04. The zero-order chi connectivity index (χ0) is 27.0. The lowest BCUT2D eigenvalue weighted by molar-refractivity contribution is -0.134. The van der Waals surface area contributed by atoms with Crippen molar-refractivity contribution in [3.63, 3.8) is 0 Å². The Balaban J connectivity index is 1.43. The number of sulfonamides is 1. The van der Waals surface area contributed by atoms with E-state index in [9.17, 15) is 13.2 Å². The second-order valence-corrected chi connectivity index (χ2v) is 10.5. The molecule has 8 heteroatoms. The largest absolute Gasteiger partial charge is 0.497 e. The van der Waals surface area contributed by atoms with Crippen molar-refractivity contribution in [3.8, 4) is 11.5 Å². The average Bonchev–Trinajstić information content (AvgIpc) is 2.93. The number of amides is 1. The van der Waals surface area contributed by atoms with E-state index in [4.69, 9.17) is 9.47 Å². The number of anilines is 1. The van der Waals surface area contributed by atoms with Gasteiger partial charge in [0.05, 0.1) is 12.0 Å². The van der Waals surface area contributed by atoms with E-state index >= 15 is 0 Å². The van der Waals surface area contributed by atoms with Gasteiger partial charge in [-0.15, -0.1) is 0 Å². The first kappa shape index (κ1) is 26.8. The first-order valence-corrected chi connectivity index (χ1v) is 13.6. The molecular formula is C30H30N2O5S. The van der Waals surface area contributed by atoms with Gasteiger partial charge in [-0.05, 0) is 66.1 Å². The van der Waals surface area contributed by atoms with Crippen molar-refractivity contribution in [1.29, 1.82) is 0 Å². The molecule has 1 amide bonds. The lowest BCUT2D eigenvalue weighted by atomic mass is 10.1. The second kappa shape index (κ2) is 12.3. The molecule has 0 saturated heterocycles. The highest BCUT2D eigenvalue weighted by Gasteiger charge is 2.18. The second-order valence-electron chi connectivity index (χ2n) is 8.77. The van der Waals surface area contributed by atoms with Crippen molar-refractivity contribution in [2.75, 3.05) is 18.4 Å².